The summed E-state index contributed by atoms with van der Waals surface area (Å²) in [5.74, 6) is 0.757. The van der Waals surface area contributed by atoms with Crippen LogP contribution < -0.4 is 10.1 Å². The van der Waals surface area contributed by atoms with E-state index in [1.54, 1.807) is 31.5 Å². The summed E-state index contributed by atoms with van der Waals surface area (Å²) in [5, 5.41) is 16.1. The third-order valence-electron chi connectivity index (χ3n) is 3.47. The molecule has 0 fully saturated rings. The summed E-state index contributed by atoms with van der Waals surface area (Å²) in [6, 6.07) is 14.9. The first-order valence-corrected chi connectivity index (χ1v) is 9.16. The molecular formula is C19H13Cl2N3OS. The lowest BCUT2D eigenvalue weighted by atomic mass is 10.1. The summed E-state index contributed by atoms with van der Waals surface area (Å²) in [6.45, 7) is 0. The van der Waals surface area contributed by atoms with E-state index in [1.807, 2.05) is 29.6 Å². The number of rotatable bonds is 5. The molecule has 1 aromatic heterocycles. The predicted octanol–water partition coefficient (Wildman–Crippen LogP) is 6.10. The van der Waals surface area contributed by atoms with Crippen molar-refractivity contribution in [2.75, 3.05) is 12.4 Å². The molecule has 0 unspecified atom stereocenters. The Balaban J connectivity index is 1.84. The predicted molar refractivity (Wildman–Crippen MR) is 108 cm³/mol. The molecule has 0 aliphatic rings. The number of allylic oxidation sites excluding steroid dienone is 1. The molecule has 1 heterocycles. The van der Waals surface area contributed by atoms with Gasteiger partial charge < -0.3 is 10.1 Å². The zero-order valence-electron chi connectivity index (χ0n) is 13.7. The summed E-state index contributed by atoms with van der Waals surface area (Å²) < 4.78 is 5.24. The highest BCUT2D eigenvalue weighted by molar-refractivity contribution is 7.11. The molecule has 1 N–H and O–H groups in total. The molecule has 0 saturated heterocycles. The van der Waals surface area contributed by atoms with Gasteiger partial charge in [-0.05, 0) is 30.3 Å². The maximum Gasteiger partial charge on any atom is 0.136 e. The number of anilines is 1. The van der Waals surface area contributed by atoms with Crippen LogP contribution in [0.5, 0.6) is 5.75 Å². The van der Waals surface area contributed by atoms with Gasteiger partial charge >= 0.3 is 0 Å². The van der Waals surface area contributed by atoms with Crippen LogP contribution in [-0.4, -0.2) is 12.1 Å². The van der Waals surface area contributed by atoms with Gasteiger partial charge in [0.05, 0.1) is 12.8 Å². The van der Waals surface area contributed by atoms with Crippen LogP contribution in [0.1, 0.15) is 5.01 Å². The second-order valence-electron chi connectivity index (χ2n) is 5.24. The number of hydrogen-bond acceptors (Lipinski definition) is 5. The molecule has 0 aliphatic heterocycles. The lowest BCUT2D eigenvalue weighted by Gasteiger charge is -2.03. The number of nitriles is 1. The number of thiazole rings is 1. The van der Waals surface area contributed by atoms with E-state index in [2.05, 4.69) is 16.4 Å². The summed E-state index contributed by atoms with van der Waals surface area (Å²) >= 11 is 13.4. The highest BCUT2D eigenvalue weighted by Gasteiger charge is 2.10. The molecule has 0 spiro atoms. The second-order valence-corrected chi connectivity index (χ2v) is 6.97. The Morgan fingerprint density at radius 3 is 2.69 bits per heavy atom. The SMILES string of the molecule is COc1cccc(-c2csc(/C(C#N)=C\Nc3cc(Cl)cc(Cl)c3)n2)c1. The van der Waals surface area contributed by atoms with Crippen molar-refractivity contribution in [3.63, 3.8) is 0 Å². The number of methoxy groups -OCH3 is 1. The number of hydrogen-bond donors (Lipinski definition) is 1. The second kappa shape index (κ2) is 8.24. The Bertz CT molecular complexity index is 988. The number of benzene rings is 2. The molecule has 3 aromatic rings. The van der Waals surface area contributed by atoms with Crippen molar-refractivity contribution in [3.05, 3.63) is 69.1 Å². The average Bonchev–Trinajstić information content (AvgIpc) is 3.11. The van der Waals surface area contributed by atoms with Gasteiger partial charge in [-0.25, -0.2) is 4.98 Å². The third kappa shape index (κ3) is 4.36. The maximum atomic E-state index is 9.46. The minimum atomic E-state index is 0.417. The van der Waals surface area contributed by atoms with E-state index in [0.29, 0.717) is 26.3 Å². The fourth-order valence-corrected chi connectivity index (χ4v) is 3.57. The quantitative estimate of drug-likeness (QED) is 0.524. The third-order valence-corrected chi connectivity index (χ3v) is 4.78. The number of nitrogens with one attached hydrogen (secondary N) is 1. The van der Waals surface area contributed by atoms with Crippen LogP contribution in [0.4, 0.5) is 5.69 Å². The monoisotopic (exact) mass is 401 g/mol. The smallest absolute Gasteiger partial charge is 0.136 e. The summed E-state index contributed by atoms with van der Waals surface area (Å²) in [7, 11) is 1.62. The minimum absolute atomic E-state index is 0.417. The Morgan fingerprint density at radius 1 is 1.23 bits per heavy atom. The Hall–Kier alpha value is -2.52. The van der Waals surface area contributed by atoms with Crippen molar-refractivity contribution < 1.29 is 4.74 Å². The van der Waals surface area contributed by atoms with Crippen LogP contribution in [0.2, 0.25) is 10.0 Å². The fourth-order valence-electron chi connectivity index (χ4n) is 2.25. The molecule has 7 heteroatoms. The van der Waals surface area contributed by atoms with Gasteiger partial charge in [0.15, 0.2) is 0 Å². The van der Waals surface area contributed by atoms with Gasteiger partial charge in [0.2, 0.25) is 0 Å². The van der Waals surface area contributed by atoms with Gasteiger partial charge in [-0.1, -0.05) is 35.3 Å². The molecule has 26 heavy (non-hydrogen) atoms. The zero-order chi connectivity index (χ0) is 18.5. The van der Waals surface area contributed by atoms with Crippen LogP contribution in [0.3, 0.4) is 0 Å². The van der Waals surface area contributed by atoms with Crippen molar-refractivity contribution in [1.29, 1.82) is 5.26 Å². The van der Waals surface area contributed by atoms with Gasteiger partial charge in [-0.3, -0.25) is 0 Å². The molecule has 0 saturated carbocycles. The lowest BCUT2D eigenvalue weighted by molar-refractivity contribution is 0.415. The first kappa shape index (κ1) is 18.3. The van der Waals surface area contributed by atoms with Gasteiger partial charge in [-0.15, -0.1) is 11.3 Å². The molecule has 0 bridgehead atoms. The first-order valence-electron chi connectivity index (χ1n) is 7.52. The van der Waals surface area contributed by atoms with Gasteiger partial charge in [0, 0.05) is 32.9 Å². The van der Waals surface area contributed by atoms with Crippen molar-refractivity contribution in [2.24, 2.45) is 0 Å². The number of halogens is 2. The summed E-state index contributed by atoms with van der Waals surface area (Å²) in [5.41, 5.74) is 2.83. The largest absolute Gasteiger partial charge is 0.497 e. The molecule has 4 nitrogen and oxygen atoms in total. The van der Waals surface area contributed by atoms with Crippen molar-refractivity contribution in [3.8, 4) is 23.1 Å². The normalized spacial score (nSPS) is 11.1. The molecular weight excluding hydrogens is 389 g/mol. The Labute approximate surface area is 165 Å². The first-order chi connectivity index (χ1) is 12.6. The van der Waals surface area contributed by atoms with Crippen molar-refractivity contribution >= 4 is 45.8 Å². The molecule has 0 radical (unpaired) electrons. The number of ether oxygens (including phenoxy) is 1. The number of aromatic nitrogens is 1. The number of nitrogens with zero attached hydrogens (tertiary/aromatic N) is 2. The van der Waals surface area contributed by atoms with Gasteiger partial charge in [0.1, 0.15) is 22.4 Å². The van der Waals surface area contributed by atoms with Crippen LogP contribution in [-0.2, 0) is 0 Å². The standard InChI is InChI=1S/C19H13Cl2N3OS/c1-25-17-4-2-3-12(5-17)18-11-26-19(24-18)13(9-22)10-23-16-7-14(20)6-15(21)8-16/h2-8,10-11,23H,1H3/b13-10-. The average molecular weight is 402 g/mol. The van der Waals surface area contributed by atoms with E-state index in [-0.39, 0.29) is 0 Å². The highest BCUT2D eigenvalue weighted by Crippen LogP contribution is 2.28. The molecule has 2 aromatic carbocycles. The molecule has 0 atom stereocenters. The zero-order valence-corrected chi connectivity index (χ0v) is 16.0. The molecule has 3 rings (SSSR count). The minimum Gasteiger partial charge on any atom is -0.497 e. The van der Waals surface area contributed by atoms with Crippen LogP contribution in [0.15, 0.2) is 54.0 Å². The summed E-state index contributed by atoms with van der Waals surface area (Å²) in [4.78, 5) is 4.55. The fraction of sp³-hybridized carbons (Fsp3) is 0.0526. The molecule has 0 amide bonds. The summed E-state index contributed by atoms with van der Waals surface area (Å²) in [6.07, 6.45) is 1.59. The van der Waals surface area contributed by atoms with E-state index >= 15 is 0 Å². The molecule has 130 valence electrons. The van der Waals surface area contributed by atoms with Crippen LogP contribution in [0, 0.1) is 11.3 Å². The Morgan fingerprint density at radius 2 is 2.00 bits per heavy atom. The maximum absolute atomic E-state index is 9.46. The van der Waals surface area contributed by atoms with Gasteiger partial charge in [0.25, 0.3) is 0 Å². The van der Waals surface area contributed by atoms with E-state index in [0.717, 1.165) is 17.0 Å². The Kier molecular flexibility index (Phi) is 5.79. The van der Waals surface area contributed by atoms with Crippen molar-refractivity contribution in [1.82, 2.24) is 4.98 Å². The van der Waals surface area contributed by atoms with Crippen molar-refractivity contribution in [2.45, 2.75) is 0 Å². The lowest BCUT2D eigenvalue weighted by Crippen LogP contribution is -1.91. The van der Waals surface area contributed by atoms with E-state index in [1.165, 1.54) is 11.3 Å². The van der Waals surface area contributed by atoms with Crippen LogP contribution in [0.25, 0.3) is 16.8 Å². The van der Waals surface area contributed by atoms with E-state index in [4.69, 9.17) is 27.9 Å². The molecule has 0 aliphatic carbocycles. The highest BCUT2D eigenvalue weighted by atomic mass is 35.5. The topological polar surface area (TPSA) is 57.9 Å². The van der Waals surface area contributed by atoms with E-state index in [9.17, 15) is 5.26 Å². The van der Waals surface area contributed by atoms with E-state index < -0.39 is 0 Å². The van der Waals surface area contributed by atoms with Crippen LogP contribution >= 0.6 is 34.5 Å². The van der Waals surface area contributed by atoms with Gasteiger partial charge in [-0.2, -0.15) is 5.26 Å².